The molecule has 0 aromatic rings. The van der Waals surface area contributed by atoms with Crippen molar-refractivity contribution in [2.45, 2.75) is 167 Å². The molecule has 0 saturated carbocycles. The van der Waals surface area contributed by atoms with Crippen molar-refractivity contribution in [3.05, 3.63) is 36.5 Å². The summed E-state index contributed by atoms with van der Waals surface area (Å²) in [6.45, 7) is 4.54. The molecule has 0 aromatic carbocycles. The molecule has 0 heterocycles. The average Bonchev–Trinajstić information content (AvgIpc) is 3.02. The predicted octanol–water partition coefficient (Wildman–Crippen LogP) is 9.33. The van der Waals surface area contributed by atoms with Gasteiger partial charge in [-0.1, -0.05) is 147 Å². The maximum Gasteiger partial charge on any atom is 0.268 e. The summed E-state index contributed by atoms with van der Waals surface area (Å²) in [5, 5.41) is 13.7. The number of likely N-dealkylation sites (N-methyl/N-ethyl adjacent to an activating group) is 1. The Morgan fingerprint density at radius 3 is 1.67 bits per heavy atom. The second-order valence-corrected chi connectivity index (χ2v) is 15.7. The van der Waals surface area contributed by atoms with E-state index in [1.54, 1.807) is 6.08 Å². The minimum atomic E-state index is -4.59. The van der Waals surface area contributed by atoms with E-state index in [0.29, 0.717) is 17.4 Å². The van der Waals surface area contributed by atoms with E-state index in [-0.39, 0.29) is 12.5 Å². The van der Waals surface area contributed by atoms with Gasteiger partial charge in [0.2, 0.25) is 5.91 Å². The molecule has 0 spiro atoms. The van der Waals surface area contributed by atoms with E-state index in [2.05, 4.69) is 43.5 Å². The summed E-state index contributed by atoms with van der Waals surface area (Å²) in [6.07, 6.45) is 36.1. The van der Waals surface area contributed by atoms with Crippen molar-refractivity contribution in [2.24, 2.45) is 0 Å². The van der Waals surface area contributed by atoms with Crippen molar-refractivity contribution in [2.75, 3.05) is 40.9 Å². The van der Waals surface area contributed by atoms with Crippen LogP contribution in [0.3, 0.4) is 0 Å². The third-order valence-electron chi connectivity index (χ3n) is 8.33. The number of rotatable bonds is 34. The van der Waals surface area contributed by atoms with Crippen LogP contribution in [-0.4, -0.2) is 68.5 Å². The number of nitrogens with zero attached hydrogens (tertiary/aromatic N) is 1. The molecule has 2 N–H and O–H groups in total. The number of aliphatic hydroxyl groups excluding tert-OH is 1. The van der Waals surface area contributed by atoms with Crippen LogP contribution in [-0.2, 0) is 18.4 Å². The highest BCUT2D eigenvalue weighted by atomic mass is 31.2. The fourth-order valence-corrected chi connectivity index (χ4v) is 5.89. The molecule has 0 fully saturated rings. The van der Waals surface area contributed by atoms with Crippen LogP contribution in [0, 0.1) is 0 Å². The number of carbonyl (C=O) groups excluding carboxylic acids is 1. The first-order chi connectivity index (χ1) is 23.0. The molecule has 3 unspecified atom stereocenters. The van der Waals surface area contributed by atoms with Crippen molar-refractivity contribution in [3.8, 4) is 0 Å². The van der Waals surface area contributed by atoms with Gasteiger partial charge in [0.15, 0.2) is 0 Å². The minimum Gasteiger partial charge on any atom is -0.756 e. The molecule has 8 nitrogen and oxygen atoms in total. The smallest absolute Gasteiger partial charge is 0.268 e. The SMILES string of the molecule is CCCC/C=C/CC/C=C/CC/C=C/C(O)C(COP(=O)([O-])OCC[N+](C)(C)C)NC(=O)CCCCCCCCCCCCCCCC. The second kappa shape index (κ2) is 31.7. The Balaban J connectivity index is 4.58. The second-order valence-electron chi connectivity index (χ2n) is 14.3. The third kappa shape index (κ3) is 33.2. The van der Waals surface area contributed by atoms with Crippen molar-refractivity contribution >= 4 is 13.7 Å². The molecule has 9 heteroatoms. The summed E-state index contributed by atoms with van der Waals surface area (Å²) in [7, 11) is 1.23. The number of allylic oxidation sites excluding steroid dienone is 5. The van der Waals surface area contributed by atoms with Gasteiger partial charge in [0.05, 0.1) is 39.9 Å². The van der Waals surface area contributed by atoms with Crippen LogP contribution in [0.25, 0.3) is 0 Å². The third-order valence-corrected chi connectivity index (χ3v) is 9.29. The molecule has 0 saturated heterocycles. The number of hydrogen-bond donors (Lipinski definition) is 2. The van der Waals surface area contributed by atoms with E-state index < -0.39 is 26.6 Å². The zero-order valence-electron chi connectivity index (χ0n) is 31.7. The summed E-state index contributed by atoms with van der Waals surface area (Å²) in [5.41, 5.74) is 0. The number of quaternary nitrogens is 1. The van der Waals surface area contributed by atoms with Crippen LogP contribution in [0.5, 0.6) is 0 Å². The summed E-state index contributed by atoms with van der Waals surface area (Å²) in [5.74, 6) is -0.214. The summed E-state index contributed by atoms with van der Waals surface area (Å²) in [6, 6.07) is -0.903. The van der Waals surface area contributed by atoms with Gasteiger partial charge in [-0.15, -0.1) is 0 Å². The number of phosphoric ester groups is 1. The zero-order chi connectivity index (χ0) is 35.8. The van der Waals surface area contributed by atoms with Crippen LogP contribution < -0.4 is 10.2 Å². The van der Waals surface area contributed by atoms with Crippen molar-refractivity contribution in [3.63, 3.8) is 0 Å². The van der Waals surface area contributed by atoms with Crippen LogP contribution in [0.4, 0.5) is 0 Å². The molecule has 0 aliphatic carbocycles. The number of amides is 1. The van der Waals surface area contributed by atoms with Crippen molar-refractivity contribution in [1.29, 1.82) is 0 Å². The largest absolute Gasteiger partial charge is 0.756 e. The number of nitrogens with one attached hydrogen (secondary N) is 1. The number of carbonyl (C=O) groups is 1. The molecule has 0 aliphatic rings. The number of unbranched alkanes of at least 4 members (excludes halogenated alkanes) is 17. The Morgan fingerprint density at radius 1 is 0.708 bits per heavy atom. The summed E-state index contributed by atoms with van der Waals surface area (Å²) >= 11 is 0. The molecule has 0 bridgehead atoms. The van der Waals surface area contributed by atoms with Gasteiger partial charge in [-0.3, -0.25) is 9.36 Å². The van der Waals surface area contributed by atoms with Crippen LogP contribution in [0.1, 0.15) is 155 Å². The molecule has 282 valence electrons. The zero-order valence-corrected chi connectivity index (χ0v) is 32.6. The van der Waals surface area contributed by atoms with Gasteiger partial charge in [0.25, 0.3) is 7.82 Å². The van der Waals surface area contributed by atoms with Gasteiger partial charge < -0.3 is 28.8 Å². The molecule has 0 aliphatic heterocycles. The van der Waals surface area contributed by atoms with E-state index >= 15 is 0 Å². The van der Waals surface area contributed by atoms with Crippen molar-refractivity contribution < 1.29 is 32.9 Å². The quantitative estimate of drug-likeness (QED) is 0.0300. The monoisotopic (exact) mass is 699 g/mol. The summed E-state index contributed by atoms with van der Waals surface area (Å²) in [4.78, 5) is 25.1. The first-order valence-corrected chi connectivity index (χ1v) is 20.8. The lowest BCUT2D eigenvalue weighted by atomic mass is 10.0. The molecule has 48 heavy (non-hydrogen) atoms. The van der Waals surface area contributed by atoms with Crippen LogP contribution >= 0.6 is 7.82 Å². The molecule has 3 atom stereocenters. The molecule has 0 rings (SSSR count). The van der Waals surface area contributed by atoms with Gasteiger partial charge >= 0.3 is 0 Å². The highest BCUT2D eigenvalue weighted by Gasteiger charge is 2.23. The Hall–Kier alpha value is -1.28. The molecular formula is C39H75N2O6P. The number of phosphoric acid groups is 1. The highest BCUT2D eigenvalue weighted by molar-refractivity contribution is 7.45. The molecule has 0 radical (unpaired) electrons. The Kier molecular flexibility index (Phi) is 30.8. The number of aliphatic hydroxyl groups is 1. The van der Waals surface area contributed by atoms with E-state index in [9.17, 15) is 19.4 Å². The van der Waals surface area contributed by atoms with E-state index in [4.69, 9.17) is 9.05 Å². The van der Waals surface area contributed by atoms with Crippen molar-refractivity contribution in [1.82, 2.24) is 5.32 Å². The number of hydrogen-bond acceptors (Lipinski definition) is 6. The lowest BCUT2D eigenvalue weighted by Gasteiger charge is -2.29. The average molecular weight is 699 g/mol. The maximum atomic E-state index is 12.8. The lowest BCUT2D eigenvalue weighted by Crippen LogP contribution is -2.45. The Labute approximate surface area is 296 Å². The predicted molar refractivity (Wildman–Crippen MR) is 201 cm³/mol. The first-order valence-electron chi connectivity index (χ1n) is 19.4. The maximum absolute atomic E-state index is 12.8. The van der Waals surface area contributed by atoms with Gasteiger partial charge in [0, 0.05) is 6.42 Å². The molecule has 1 amide bonds. The van der Waals surface area contributed by atoms with Gasteiger partial charge in [-0.05, 0) is 38.5 Å². The fourth-order valence-electron chi connectivity index (χ4n) is 5.17. The normalized spacial score (nSPS) is 15.1. The van der Waals surface area contributed by atoms with E-state index in [1.807, 2.05) is 27.2 Å². The van der Waals surface area contributed by atoms with Crippen LogP contribution in [0.15, 0.2) is 36.5 Å². The minimum absolute atomic E-state index is 0.00839. The standard InChI is InChI=1S/C39H75N2O6P/c1-6-8-10-12-14-16-18-20-21-23-25-27-29-31-33-39(43)40-37(36-47-48(44,45)46-35-34-41(3,4)5)38(42)32-30-28-26-24-22-19-17-15-13-11-9-7-2/h13,15,22,24,30,32,37-38,42H,6-12,14,16-21,23,25-29,31,33-36H2,1-5H3,(H-,40,43,44,45)/b15-13+,24-22+,32-30+. The van der Waals surface area contributed by atoms with E-state index in [1.165, 1.54) is 83.5 Å². The Morgan fingerprint density at radius 2 is 1.17 bits per heavy atom. The molecule has 0 aromatic heterocycles. The van der Waals surface area contributed by atoms with Gasteiger partial charge in [0.1, 0.15) is 13.2 Å². The lowest BCUT2D eigenvalue weighted by molar-refractivity contribution is -0.870. The Bertz CT molecular complexity index is 886. The van der Waals surface area contributed by atoms with Crippen LogP contribution in [0.2, 0.25) is 0 Å². The molecular weight excluding hydrogens is 623 g/mol. The van der Waals surface area contributed by atoms with Gasteiger partial charge in [-0.25, -0.2) is 0 Å². The van der Waals surface area contributed by atoms with E-state index in [0.717, 1.165) is 51.4 Å². The van der Waals surface area contributed by atoms with Gasteiger partial charge in [-0.2, -0.15) is 0 Å². The summed E-state index contributed by atoms with van der Waals surface area (Å²) < 4.78 is 23.0. The topological polar surface area (TPSA) is 108 Å². The first kappa shape index (κ1) is 46.7. The fraction of sp³-hybridized carbons (Fsp3) is 0.821. The highest BCUT2D eigenvalue weighted by Crippen LogP contribution is 2.38.